The number of rotatable bonds is 9. The Kier molecular flexibility index (Phi) is 10.7. The fourth-order valence-corrected chi connectivity index (χ4v) is 4.53. The molecule has 4 amide bonds. The van der Waals surface area contributed by atoms with Gasteiger partial charge in [-0.25, -0.2) is 4.79 Å². The van der Waals surface area contributed by atoms with Crippen LogP contribution in [0.3, 0.4) is 0 Å². The van der Waals surface area contributed by atoms with E-state index in [-0.39, 0.29) is 23.6 Å². The van der Waals surface area contributed by atoms with E-state index < -0.39 is 23.8 Å². The Hall–Kier alpha value is -3.88. The first-order valence-corrected chi connectivity index (χ1v) is 13.9. The third-order valence-electron chi connectivity index (χ3n) is 6.79. The van der Waals surface area contributed by atoms with E-state index in [1.807, 2.05) is 61.5 Å². The summed E-state index contributed by atoms with van der Waals surface area (Å²) in [5, 5.41) is 8.42. The molecule has 1 heterocycles. The number of nitrogens with zero attached hydrogens (tertiary/aromatic N) is 1. The molecule has 1 saturated heterocycles. The summed E-state index contributed by atoms with van der Waals surface area (Å²) >= 11 is 0. The second-order valence-electron chi connectivity index (χ2n) is 11.4. The van der Waals surface area contributed by atoms with Crippen molar-refractivity contribution in [1.82, 2.24) is 20.9 Å². The van der Waals surface area contributed by atoms with Crippen molar-refractivity contribution in [2.45, 2.75) is 78.1 Å². The molecule has 3 N–H and O–H groups in total. The quantitative estimate of drug-likeness (QED) is 0.442. The highest BCUT2D eigenvalue weighted by Crippen LogP contribution is 2.19. The molecule has 1 aliphatic heterocycles. The molecule has 9 heteroatoms. The summed E-state index contributed by atoms with van der Waals surface area (Å²) in [6, 6.07) is 15.9. The van der Waals surface area contributed by atoms with Gasteiger partial charge in [0.15, 0.2) is 0 Å². The van der Waals surface area contributed by atoms with Gasteiger partial charge >= 0.3 is 6.09 Å². The van der Waals surface area contributed by atoms with Gasteiger partial charge in [-0.05, 0) is 58.6 Å². The molecular formula is C31H42N4O5. The summed E-state index contributed by atoms with van der Waals surface area (Å²) in [6.07, 6.45) is 0.624. The highest BCUT2D eigenvalue weighted by Gasteiger charge is 2.33. The molecule has 0 radical (unpaired) electrons. The summed E-state index contributed by atoms with van der Waals surface area (Å²) in [6.45, 7) is 10.1. The van der Waals surface area contributed by atoms with Crippen LogP contribution < -0.4 is 16.0 Å². The van der Waals surface area contributed by atoms with E-state index in [1.54, 1.807) is 32.6 Å². The van der Waals surface area contributed by atoms with Gasteiger partial charge in [0.1, 0.15) is 17.7 Å². The first-order chi connectivity index (χ1) is 18.9. The summed E-state index contributed by atoms with van der Waals surface area (Å²) < 4.78 is 5.39. The van der Waals surface area contributed by atoms with Crippen molar-refractivity contribution in [3.63, 3.8) is 0 Å². The van der Waals surface area contributed by atoms with Crippen LogP contribution in [0.2, 0.25) is 0 Å². The second-order valence-corrected chi connectivity index (χ2v) is 11.4. The number of ether oxygens (including phenoxy) is 1. The second kappa shape index (κ2) is 14.0. The van der Waals surface area contributed by atoms with E-state index in [0.717, 1.165) is 16.7 Å². The molecule has 3 rings (SSSR count). The van der Waals surface area contributed by atoms with Crippen molar-refractivity contribution in [2.24, 2.45) is 5.92 Å². The number of hydrogen-bond donors (Lipinski definition) is 3. The predicted molar refractivity (Wildman–Crippen MR) is 153 cm³/mol. The largest absolute Gasteiger partial charge is 0.444 e. The van der Waals surface area contributed by atoms with E-state index in [9.17, 15) is 19.2 Å². The number of amides is 4. The third kappa shape index (κ3) is 9.70. The average Bonchev–Trinajstić information content (AvgIpc) is 2.91. The Balaban J connectivity index is 1.51. The zero-order valence-corrected chi connectivity index (χ0v) is 24.2. The number of carbonyl (C=O) groups is 4. The average molecular weight is 551 g/mol. The zero-order chi connectivity index (χ0) is 29.3. The Morgan fingerprint density at radius 1 is 0.925 bits per heavy atom. The summed E-state index contributed by atoms with van der Waals surface area (Å²) in [7, 11) is 0. The van der Waals surface area contributed by atoms with Gasteiger partial charge < -0.3 is 25.6 Å². The maximum atomic E-state index is 13.5. The maximum Gasteiger partial charge on any atom is 0.408 e. The molecule has 0 aliphatic carbocycles. The van der Waals surface area contributed by atoms with Crippen molar-refractivity contribution in [3.05, 3.63) is 71.3 Å². The van der Waals surface area contributed by atoms with Crippen molar-refractivity contribution in [3.8, 4) is 0 Å². The monoisotopic (exact) mass is 550 g/mol. The van der Waals surface area contributed by atoms with Crippen molar-refractivity contribution >= 4 is 23.8 Å². The number of carbonyl (C=O) groups excluding carboxylic acids is 4. The normalized spacial score (nSPS) is 15.5. The molecule has 1 aliphatic rings. The molecular weight excluding hydrogens is 508 g/mol. The Morgan fingerprint density at radius 3 is 2.15 bits per heavy atom. The lowest BCUT2D eigenvalue weighted by Crippen LogP contribution is -2.54. The van der Waals surface area contributed by atoms with Crippen LogP contribution in [-0.2, 0) is 32.1 Å². The number of benzene rings is 2. The van der Waals surface area contributed by atoms with Gasteiger partial charge in [-0.1, -0.05) is 60.2 Å². The molecule has 2 aromatic carbocycles. The molecule has 2 atom stereocenters. The van der Waals surface area contributed by atoms with Crippen LogP contribution in [-0.4, -0.2) is 59.5 Å². The van der Waals surface area contributed by atoms with Gasteiger partial charge in [0, 0.05) is 32.0 Å². The van der Waals surface area contributed by atoms with E-state index in [0.29, 0.717) is 38.9 Å². The fourth-order valence-electron chi connectivity index (χ4n) is 4.53. The number of likely N-dealkylation sites (tertiary alicyclic amines) is 1. The molecule has 216 valence electrons. The molecule has 0 aromatic heterocycles. The molecule has 9 nitrogen and oxygen atoms in total. The molecule has 0 spiro atoms. The molecule has 0 saturated carbocycles. The Bertz CT molecular complexity index is 1150. The van der Waals surface area contributed by atoms with Gasteiger partial charge in [-0.2, -0.15) is 0 Å². The van der Waals surface area contributed by atoms with Crippen molar-refractivity contribution < 1.29 is 23.9 Å². The van der Waals surface area contributed by atoms with Crippen molar-refractivity contribution in [1.29, 1.82) is 0 Å². The van der Waals surface area contributed by atoms with E-state index >= 15 is 0 Å². The van der Waals surface area contributed by atoms with Gasteiger partial charge in [0.05, 0.1) is 0 Å². The van der Waals surface area contributed by atoms with Crippen LogP contribution in [0.15, 0.2) is 54.6 Å². The third-order valence-corrected chi connectivity index (χ3v) is 6.79. The SMILES string of the molecule is Cc1ccc(CNC(=O)[C@H](C)NC(=O)C2CCN(C(=O)[C@H](Cc3ccccc3)NC(=O)OC(C)(C)C)CC2)cc1. The first kappa shape index (κ1) is 30.7. The molecule has 0 bridgehead atoms. The van der Waals surface area contributed by atoms with E-state index in [1.165, 1.54) is 0 Å². The topological polar surface area (TPSA) is 117 Å². The standard InChI is InChI=1S/C31H42N4O5/c1-21-11-13-24(14-12-21)20-32-27(36)22(2)33-28(37)25-15-17-35(18-16-25)29(38)26(19-23-9-7-6-8-10-23)34-30(39)40-31(3,4)5/h6-14,22,25-26H,15-20H2,1-5H3,(H,32,36)(H,33,37)(H,34,39)/t22-,26-/m0/s1. The number of alkyl carbamates (subject to hydrolysis) is 1. The zero-order valence-electron chi connectivity index (χ0n) is 24.2. The van der Waals surface area contributed by atoms with Crippen LogP contribution in [0.5, 0.6) is 0 Å². The maximum absolute atomic E-state index is 13.5. The van der Waals surface area contributed by atoms with Gasteiger partial charge in [-0.15, -0.1) is 0 Å². The minimum absolute atomic E-state index is 0.196. The van der Waals surface area contributed by atoms with Crippen LogP contribution in [0, 0.1) is 12.8 Å². The first-order valence-electron chi connectivity index (χ1n) is 13.9. The highest BCUT2D eigenvalue weighted by molar-refractivity contribution is 5.89. The summed E-state index contributed by atoms with van der Waals surface area (Å²) in [4.78, 5) is 53.0. The molecule has 2 aromatic rings. The van der Waals surface area contributed by atoms with Gasteiger partial charge in [-0.3, -0.25) is 14.4 Å². The smallest absolute Gasteiger partial charge is 0.408 e. The number of hydrogen-bond acceptors (Lipinski definition) is 5. The van der Waals surface area contributed by atoms with Gasteiger partial charge in [0.25, 0.3) is 0 Å². The molecule has 1 fully saturated rings. The molecule has 0 unspecified atom stereocenters. The van der Waals surface area contributed by atoms with Crippen LogP contribution in [0.25, 0.3) is 0 Å². The highest BCUT2D eigenvalue weighted by atomic mass is 16.6. The van der Waals surface area contributed by atoms with E-state index in [2.05, 4.69) is 16.0 Å². The predicted octanol–water partition coefficient (Wildman–Crippen LogP) is 3.49. The fraction of sp³-hybridized carbons (Fsp3) is 0.484. The van der Waals surface area contributed by atoms with Crippen LogP contribution in [0.4, 0.5) is 4.79 Å². The van der Waals surface area contributed by atoms with Crippen LogP contribution in [0.1, 0.15) is 57.2 Å². The van der Waals surface area contributed by atoms with Crippen LogP contribution >= 0.6 is 0 Å². The number of aryl methyl sites for hydroxylation is 1. The van der Waals surface area contributed by atoms with E-state index in [4.69, 9.17) is 4.74 Å². The minimum atomic E-state index is -0.792. The molecule has 40 heavy (non-hydrogen) atoms. The lowest BCUT2D eigenvalue weighted by Gasteiger charge is -2.34. The Morgan fingerprint density at radius 2 is 1.55 bits per heavy atom. The van der Waals surface area contributed by atoms with Gasteiger partial charge in [0.2, 0.25) is 17.7 Å². The number of nitrogens with one attached hydrogen (secondary N) is 3. The lowest BCUT2D eigenvalue weighted by atomic mass is 9.94. The van der Waals surface area contributed by atoms with Crippen molar-refractivity contribution in [2.75, 3.05) is 13.1 Å². The lowest BCUT2D eigenvalue weighted by molar-refractivity contribution is -0.138. The summed E-state index contributed by atoms with van der Waals surface area (Å²) in [5.74, 6) is -0.962. The Labute approximate surface area is 237 Å². The summed E-state index contributed by atoms with van der Waals surface area (Å²) in [5.41, 5.74) is 2.36. The minimum Gasteiger partial charge on any atom is -0.444 e. The number of piperidine rings is 1.